The highest BCUT2D eigenvalue weighted by atomic mass is 16.5. The molecule has 7 aromatic carbocycles. The number of imidazole rings is 1. The van der Waals surface area contributed by atoms with Gasteiger partial charge in [-0.2, -0.15) is 0 Å². The molecule has 0 aliphatic rings. The molecule has 13 heteroatoms. The fourth-order valence-electron chi connectivity index (χ4n) is 7.04. The lowest BCUT2D eigenvalue weighted by atomic mass is 10.0. The summed E-state index contributed by atoms with van der Waals surface area (Å²) in [6.45, 7) is 0. The molecule has 4 aromatic heterocycles. The van der Waals surface area contributed by atoms with Crippen LogP contribution in [0.3, 0.4) is 0 Å². The van der Waals surface area contributed by atoms with Crippen LogP contribution in [0.1, 0.15) is 72.5 Å². The van der Waals surface area contributed by atoms with Gasteiger partial charge in [0, 0.05) is 87.0 Å². The molecule has 378 valence electrons. The van der Waals surface area contributed by atoms with Crippen LogP contribution in [-0.4, -0.2) is 75.3 Å². The van der Waals surface area contributed by atoms with Crippen LogP contribution >= 0.6 is 0 Å². The molecule has 0 spiro atoms. The Hall–Kier alpha value is -10.8. The molecule has 0 saturated heterocycles. The molecule has 77 heavy (non-hydrogen) atoms. The van der Waals surface area contributed by atoms with Crippen LogP contribution in [0.4, 0.5) is 0 Å². The number of para-hydroxylation sites is 2. The van der Waals surface area contributed by atoms with Gasteiger partial charge in [0.2, 0.25) is 0 Å². The summed E-state index contributed by atoms with van der Waals surface area (Å²) in [5.74, 6) is -0.432. The fourth-order valence-corrected chi connectivity index (χ4v) is 7.04. The quantitative estimate of drug-likeness (QED) is 0.0934. The predicted octanol–water partition coefficient (Wildman–Crippen LogP) is 12.8. The van der Waals surface area contributed by atoms with Crippen molar-refractivity contribution in [2.24, 2.45) is 0 Å². The van der Waals surface area contributed by atoms with E-state index >= 15 is 0 Å². The van der Waals surface area contributed by atoms with Gasteiger partial charge in [-0.15, -0.1) is 0 Å². The van der Waals surface area contributed by atoms with Gasteiger partial charge in [-0.1, -0.05) is 133 Å². The van der Waals surface area contributed by atoms with Crippen molar-refractivity contribution in [1.29, 1.82) is 0 Å². The van der Waals surface area contributed by atoms with E-state index in [1.165, 1.54) is 18.7 Å². The maximum atomic E-state index is 10.9. The summed E-state index contributed by atoms with van der Waals surface area (Å²) in [4.78, 5) is 89.8. The molecule has 0 unspecified atom stereocenters. The molecule has 0 atom stereocenters. The van der Waals surface area contributed by atoms with Gasteiger partial charge in [0.25, 0.3) is 0 Å². The Balaban J connectivity index is 0.000000150. The monoisotopic (exact) mass is 1020 g/mol. The Morgan fingerprint density at radius 3 is 1.58 bits per heavy atom. The lowest BCUT2D eigenvalue weighted by Crippen LogP contribution is -2.01. The van der Waals surface area contributed by atoms with Gasteiger partial charge in [-0.05, 0) is 89.0 Å². The van der Waals surface area contributed by atoms with Crippen molar-refractivity contribution in [3.8, 4) is 27.9 Å². The Kier molecular flexibility index (Phi) is 21.8. The van der Waals surface area contributed by atoms with Gasteiger partial charge in [-0.3, -0.25) is 43.7 Å². The van der Waals surface area contributed by atoms with Crippen LogP contribution in [0.25, 0.3) is 49.7 Å². The standard InChI is InChI=1S/C13H10O.C12H9NO.C10H8N2O.2C10H7NO.C9H8O3/c14-10-11-6-8-13(9-7-11)12-4-2-1-3-5-12;14-9-10-3-5-11(6-4-10)12-2-1-7-13-8-12;13-7-9-1-3-10(4-2-9)12-6-5-11-8-12;12-7-8-5-9-3-1-2-4-10(9)11-6-8;12-7-8-5-6-11-10-4-2-1-3-9(8)10;1-12-9(11)8-4-2-3-7(5-8)6-10/h1-10H;1-9H;1-8H;2*1-7H;2-6H,1H3. The summed E-state index contributed by atoms with van der Waals surface area (Å²) in [6.07, 6.45) is 16.9. The second kappa shape index (κ2) is 30.3. The molecule has 11 aromatic rings. The van der Waals surface area contributed by atoms with E-state index in [1.54, 1.807) is 85.8 Å². The topological polar surface area (TPSA) is 185 Å². The lowest BCUT2D eigenvalue weighted by Gasteiger charge is -2.00. The molecule has 0 radical (unpaired) electrons. The van der Waals surface area contributed by atoms with Gasteiger partial charge in [0.1, 0.15) is 25.1 Å². The molecular formula is C64H49N5O8. The highest BCUT2D eigenvalue weighted by molar-refractivity contribution is 5.96. The van der Waals surface area contributed by atoms with E-state index in [1.807, 2.05) is 144 Å². The number of carbonyl (C=O) groups is 7. The second-order valence-corrected chi connectivity index (χ2v) is 16.1. The first-order chi connectivity index (χ1) is 37.8. The van der Waals surface area contributed by atoms with Crippen LogP contribution in [0.5, 0.6) is 0 Å². The summed E-state index contributed by atoms with van der Waals surface area (Å²) in [5.41, 5.74) is 11.5. The molecular weight excluding hydrogens is 967 g/mol. The molecule has 0 amide bonds. The van der Waals surface area contributed by atoms with Gasteiger partial charge in [0.05, 0.1) is 30.0 Å². The predicted molar refractivity (Wildman–Crippen MR) is 299 cm³/mol. The summed E-state index contributed by atoms with van der Waals surface area (Å²) in [6, 6.07) is 61.5. The van der Waals surface area contributed by atoms with Crippen molar-refractivity contribution in [2.45, 2.75) is 0 Å². The first kappa shape index (κ1) is 55.5. The number of ether oxygens (including phenoxy) is 1. The Morgan fingerprint density at radius 2 is 1.00 bits per heavy atom. The van der Waals surface area contributed by atoms with Crippen molar-refractivity contribution >= 4 is 65.5 Å². The number of methoxy groups -OCH3 is 1. The first-order valence-corrected chi connectivity index (χ1v) is 23.6. The number of pyridine rings is 3. The minimum atomic E-state index is -0.432. The summed E-state index contributed by atoms with van der Waals surface area (Å²) in [7, 11) is 1.30. The number of aldehydes is 6. The molecule has 0 saturated carbocycles. The number of hydrogen-bond acceptors (Lipinski definition) is 12. The van der Waals surface area contributed by atoms with E-state index in [0.717, 1.165) is 75.6 Å². The largest absolute Gasteiger partial charge is 0.465 e. The SMILES string of the molecule is COC(=O)c1cccc(C=O)c1.O=Cc1ccc(-c2ccccc2)cc1.O=Cc1ccc(-c2cccnc2)cc1.O=Cc1ccc(-n2ccnc2)cc1.O=Cc1ccnc2ccccc12.O=Cc1cnc2ccccc2c1. The number of esters is 1. The number of benzene rings is 7. The summed E-state index contributed by atoms with van der Waals surface area (Å²) >= 11 is 0. The third-order valence-electron chi connectivity index (χ3n) is 11.0. The van der Waals surface area contributed by atoms with Crippen molar-refractivity contribution in [3.05, 3.63) is 283 Å². The number of carbonyl (C=O) groups excluding carboxylic acids is 7. The maximum Gasteiger partial charge on any atom is 0.337 e. The van der Waals surface area contributed by atoms with Crippen molar-refractivity contribution in [3.63, 3.8) is 0 Å². The normalized spacial score (nSPS) is 9.73. The molecule has 11 rings (SSSR count). The number of aromatic nitrogens is 5. The zero-order valence-corrected chi connectivity index (χ0v) is 41.6. The van der Waals surface area contributed by atoms with Gasteiger partial charge < -0.3 is 9.30 Å². The van der Waals surface area contributed by atoms with Crippen LogP contribution in [-0.2, 0) is 4.74 Å². The van der Waals surface area contributed by atoms with Crippen molar-refractivity contribution in [2.75, 3.05) is 7.11 Å². The Morgan fingerprint density at radius 1 is 0.429 bits per heavy atom. The van der Waals surface area contributed by atoms with E-state index in [0.29, 0.717) is 45.2 Å². The van der Waals surface area contributed by atoms with Crippen LogP contribution in [0, 0.1) is 0 Å². The van der Waals surface area contributed by atoms with Crippen LogP contribution in [0.15, 0.2) is 244 Å². The minimum Gasteiger partial charge on any atom is -0.465 e. The third kappa shape index (κ3) is 17.2. The van der Waals surface area contributed by atoms with E-state index < -0.39 is 5.97 Å². The lowest BCUT2D eigenvalue weighted by molar-refractivity contribution is 0.0600. The van der Waals surface area contributed by atoms with Gasteiger partial charge in [-0.25, -0.2) is 9.78 Å². The van der Waals surface area contributed by atoms with E-state index in [9.17, 15) is 33.6 Å². The highest BCUT2D eigenvalue weighted by Gasteiger charge is 2.05. The number of nitrogens with zero attached hydrogens (tertiary/aromatic N) is 5. The molecule has 4 heterocycles. The van der Waals surface area contributed by atoms with Crippen LogP contribution < -0.4 is 0 Å². The number of hydrogen-bond donors (Lipinski definition) is 0. The van der Waals surface area contributed by atoms with Gasteiger partial charge >= 0.3 is 5.97 Å². The molecule has 0 aliphatic heterocycles. The van der Waals surface area contributed by atoms with E-state index in [-0.39, 0.29) is 0 Å². The fraction of sp³-hybridized carbons (Fsp3) is 0.0156. The number of fused-ring (bicyclic) bond motifs is 2. The van der Waals surface area contributed by atoms with Crippen LogP contribution in [0.2, 0.25) is 0 Å². The second-order valence-electron chi connectivity index (χ2n) is 16.1. The van der Waals surface area contributed by atoms with Crippen molar-refractivity contribution < 1.29 is 38.3 Å². The minimum absolute atomic E-state index is 0.391. The maximum absolute atomic E-state index is 10.9. The molecule has 13 nitrogen and oxygen atoms in total. The highest BCUT2D eigenvalue weighted by Crippen LogP contribution is 2.20. The van der Waals surface area contributed by atoms with E-state index in [2.05, 4.69) is 36.8 Å². The average Bonchev–Trinajstić information content (AvgIpc) is 4.08. The third-order valence-corrected chi connectivity index (χ3v) is 11.0. The molecule has 0 fully saturated rings. The first-order valence-electron chi connectivity index (χ1n) is 23.6. The molecule has 0 aliphatic carbocycles. The van der Waals surface area contributed by atoms with Crippen molar-refractivity contribution in [1.82, 2.24) is 24.5 Å². The number of rotatable bonds is 10. The molecule has 0 bridgehead atoms. The summed E-state index contributed by atoms with van der Waals surface area (Å²) < 4.78 is 6.36. The summed E-state index contributed by atoms with van der Waals surface area (Å²) in [5, 5.41) is 1.91. The average molecular weight is 1020 g/mol. The zero-order chi connectivity index (χ0) is 54.5. The smallest absolute Gasteiger partial charge is 0.337 e. The Labute approximate surface area is 444 Å². The zero-order valence-electron chi connectivity index (χ0n) is 41.6. The molecule has 0 N–H and O–H groups in total. The van der Waals surface area contributed by atoms with Gasteiger partial charge in [0.15, 0.2) is 12.6 Å². The Bertz CT molecular complexity index is 3530. The van der Waals surface area contributed by atoms with E-state index in [4.69, 9.17) is 0 Å².